The number of anilines is 2. The fourth-order valence-corrected chi connectivity index (χ4v) is 2.36. The van der Waals surface area contributed by atoms with Crippen LogP contribution in [0.5, 0.6) is 0 Å². The average Bonchev–Trinajstić information content (AvgIpc) is 2.61. The number of esters is 1. The van der Waals surface area contributed by atoms with Crippen LogP contribution < -0.4 is 10.6 Å². The van der Waals surface area contributed by atoms with Crippen molar-refractivity contribution in [3.63, 3.8) is 0 Å². The Bertz CT molecular complexity index is 788. The fourth-order valence-electron chi connectivity index (χ4n) is 2.36. The lowest BCUT2D eigenvalue weighted by molar-refractivity contribution is 0.0526. The lowest BCUT2D eigenvalue weighted by atomic mass is 10.1. The zero-order valence-corrected chi connectivity index (χ0v) is 16.2. The van der Waals surface area contributed by atoms with Crippen LogP contribution in [-0.4, -0.2) is 35.0 Å². The van der Waals surface area contributed by atoms with Crippen molar-refractivity contribution in [2.75, 3.05) is 18.5 Å². The molecule has 0 atom stereocenters. The first-order valence-electron chi connectivity index (χ1n) is 9.07. The summed E-state index contributed by atoms with van der Waals surface area (Å²) in [6.07, 6.45) is 0.910. The smallest absolute Gasteiger partial charge is 0.338 e. The second-order valence-electron chi connectivity index (χ2n) is 6.55. The molecule has 7 nitrogen and oxygen atoms in total. The Morgan fingerprint density at radius 3 is 2.48 bits per heavy atom. The summed E-state index contributed by atoms with van der Waals surface area (Å²) in [5.74, 6) is 0.953. The van der Waals surface area contributed by atoms with Crippen molar-refractivity contribution in [2.45, 2.75) is 34.1 Å². The lowest BCUT2D eigenvalue weighted by Crippen LogP contribution is -2.26. The molecule has 2 N–H and O–H groups in total. The van der Waals surface area contributed by atoms with Crippen molar-refractivity contribution in [1.82, 2.24) is 15.3 Å². The Hall–Kier alpha value is -2.96. The zero-order chi connectivity index (χ0) is 19.8. The van der Waals surface area contributed by atoms with E-state index in [2.05, 4.69) is 34.4 Å². The van der Waals surface area contributed by atoms with Crippen LogP contribution in [0.1, 0.15) is 53.9 Å². The first-order valence-corrected chi connectivity index (χ1v) is 9.07. The number of carbonyl (C=O) groups is 2. The molecular weight excluding hydrogens is 344 g/mol. The summed E-state index contributed by atoms with van der Waals surface area (Å²) in [5.41, 5.74) is 1.54. The predicted octanol–water partition coefficient (Wildman–Crippen LogP) is 3.48. The maximum atomic E-state index is 12.3. The van der Waals surface area contributed by atoms with Crippen LogP contribution in [0.4, 0.5) is 11.5 Å². The molecule has 0 saturated carbocycles. The van der Waals surface area contributed by atoms with E-state index < -0.39 is 0 Å². The van der Waals surface area contributed by atoms with Crippen molar-refractivity contribution >= 4 is 23.4 Å². The van der Waals surface area contributed by atoms with Crippen molar-refractivity contribution in [2.24, 2.45) is 5.92 Å². The monoisotopic (exact) mass is 370 g/mol. The minimum absolute atomic E-state index is 0.221. The number of benzene rings is 1. The minimum atomic E-state index is -0.359. The quantitative estimate of drug-likeness (QED) is 0.691. The topological polar surface area (TPSA) is 93.2 Å². The van der Waals surface area contributed by atoms with Crippen molar-refractivity contribution in [1.29, 1.82) is 0 Å². The summed E-state index contributed by atoms with van der Waals surface area (Å²) in [6, 6.07) is 8.47. The third-order valence-corrected chi connectivity index (χ3v) is 3.75. The second-order valence-corrected chi connectivity index (χ2v) is 6.55. The highest BCUT2D eigenvalue weighted by molar-refractivity contribution is 5.93. The number of aromatic nitrogens is 2. The Labute approximate surface area is 159 Å². The molecule has 2 aromatic rings. The number of hydrogen-bond donors (Lipinski definition) is 2. The number of amides is 1. The maximum absolute atomic E-state index is 12.3. The minimum Gasteiger partial charge on any atom is -0.462 e. The number of rotatable bonds is 8. The van der Waals surface area contributed by atoms with E-state index in [4.69, 9.17) is 4.74 Å². The van der Waals surface area contributed by atoms with Crippen LogP contribution in [0.2, 0.25) is 0 Å². The molecule has 7 heteroatoms. The second kappa shape index (κ2) is 9.66. The van der Waals surface area contributed by atoms with Gasteiger partial charge in [-0.3, -0.25) is 4.79 Å². The van der Waals surface area contributed by atoms with Crippen molar-refractivity contribution in [3.05, 3.63) is 47.4 Å². The normalized spacial score (nSPS) is 10.6. The largest absolute Gasteiger partial charge is 0.462 e. The molecule has 0 fully saturated rings. The lowest BCUT2D eigenvalue weighted by Gasteiger charge is -2.10. The molecule has 27 heavy (non-hydrogen) atoms. The molecule has 1 aromatic carbocycles. The van der Waals surface area contributed by atoms with Gasteiger partial charge < -0.3 is 15.4 Å². The molecule has 0 saturated heterocycles. The molecule has 1 aromatic heterocycles. The van der Waals surface area contributed by atoms with E-state index in [1.165, 1.54) is 0 Å². The molecule has 0 aliphatic heterocycles. The van der Waals surface area contributed by atoms with Gasteiger partial charge in [0.25, 0.3) is 5.91 Å². The van der Waals surface area contributed by atoms with E-state index in [-0.39, 0.29) is 11.9 Å². The number of nitrogens with one attached hydrogen (secondary N) is 2. The van der Waals surface area contributed by atoms with Crippen LogP contribution in [0.3, 0.4) is 0 Å². The third-order valence-electron chi connectivity index (χ3n) is 3.75. The van der Waals surface area contributed by atoms with Gasteiger partial charge in [0.15, 0.2) is 0 Å². The molecule has 0 aliphatic rings. The zero-order valence-electron chi connectivity index (χ0n) is 16.2. The number of ether oxygens (including phenoxy) is 1. The van der Waals surface area contributed by atoms with Crippen LogP contribution in [-0.2, 0) is 4.74 Å². The number of nitrogens with zero attached hydrogens (tertiary/aromatic N) is 2. The number of aryl methyl sites for hydroxylation is 1. The predicted molar refractivity (Wildman–Crippen MR) is 104 cm³/mol. The summed E-state index contributed by atoms with van der Waals surface area (Å²) in [5, 5.41) is 6.00. The van der Waals surface area contributed by atoms with Gasteiger partial charge in [0.1, 0.15) is 17.3 Å². The summed E-state index contributed by atoms with van der Waals surface area (Å²) >= 11 is 0. The highest BCUT2D eigenvalue weighted by Crippen LogP contribution is 2.17. The van der Waals surface area contributed by atoms with E-state index in [1.807, 2.05) is 0 Å². The Morgan fingerprint density at radius 2 is 1.85 bits per heavy atom. The molecule has 0 spiro atoms. The van der Waals surface area contributed by atoms with E-state index in [1.54, 1.807) is 44.2 Å². The third kappa shape index (κ3) is 6.36. The van der Waals surface area contributed by atoms with E-state index in [0.29, 0.717) is 42.0 Å². The summed E-state index contributed by atoms with van der Waals surface area (Å²) in [7, 11) is 0. The number of hydrogen-bond acceptors (Lipinski definition) is 6. The molecule has 2 rings (SSSR count). The molecule has 0 radical (unpaired) electrons. The van der Waals surface area contributed by atoms with Gasteiger partial charge in [0, 0.05) is 18.3 Å². The van der Waals surface area contributed by atoms with Crippen molar-refractivity contribution < 1.29 is 14.3 Å². The highest BCUT2D eigenvalue weighted by Gasteiger charge is 2.11. The summed E-state index contributed by atoms with van der Waals surface area (Å²) in [6.45, 7) is 8.66. The van der Waals surface area contributed by atoms with Crippen LogP contribution in [0.15, 0.2) is 30.3 Å². The summed E-state index contributed by atoms with van der Waals surface area (Å²) in [4.78, 5) is 32.5. The van der Waals surface area contributed by atoms with Crippen LogP contribution in [0.25, 0.3) is 0 Å². The molecule has 0 unspecified atom stereocenters. The first kappa shape index (κ1) is 20.4. The van der Waals surface area contributed by atoms with Gasteiger partial charge in [0.05, 0.1) is 12.2 Å². The van der Waals surface area contributed by atoms with Crippen LogP contribution in [0, 0.1) is 12.8 Å². The van der Waals surface area contributed by atoms with Crippen LogP contribution >= 0.6 is 0 Å². The average molecular weight is 370 g/mol. The molecule has 0 bridgehead atoms. The number of carbonyl (C=O) groups excluding carboxylic acids is 2. The molecule has 144 valence electrons. The van der Waals surface area contributed by atoms with Gasteiger partial charge in [-0.15, -0.1) is 0 Å². The van der Waals surface area contributed by atoms with Gasteiger partial charge in [-0.1, -0.05) is 13.8 Å². The standard InChI is InChI=1S/C20H26N4O3/c1-5-27-20(26)15-6-8-16(9-7-15)24-18-12-17(22-14(4)23-18)19(25)21-11-10-13(2)3/h6-9,12-13H,5,10-11H2,1-4H3,(H,21,25)(H,22,23,24). The van der Waals surface area contributed by atoms with Gasteiger partial charge in [-0.25, -0.2) is 14.8 Å². The van der Waals surface area contributed by atoms with Gasteiger partial charge in [0.2, 0.25) is 0 Å². The first-order chi connectivity index (χ1) is 12.9. The molecular formula is C20H26N4O3. The van der Waals surface area contributed by atoms with E-state index >= 15 is 0 Å². The fraction of sp³-hybridized carbons (Fsp3) is 0.400. The molecule has 0 aliphatic carbocycles. The summed E-state index contributed by atoms with van der Waals surface area (Å²) < 4.78 is 4.97. The Balaban J connectivity index is 2.07. The highest BCUT2D eigenvalue weighted by atomic mass is 16.5. The van der Waals surface area contributed by atoms with Crippen molar-refractivity contribution in [3.8, 4) is 0 Å². The Morgan fingerprint density at radius 1 is 1.15 bits per heavy atom. The molecule has 1 heterocycles. The van der Waals surface area contributed by atoms with Gasteiger partial charge in [-0.2, -0.15) is 0 Å². The SMILES string of the molecule is CCOC(=O)c1ccc(Nc2cc(C(=O)NCCC(C)C)nc(C)n2)cc1. The van der Waals surface area contributed by atoms with E-state index in [9.17, 15) is 9.59 Å². The molecule has 1 amide bonds. The van der Waals surface area contributed by atoms with Gasteiger partial charge >= 0.3 is 5.97 Å². The van der Waals surface area contributed by atoms with Gasteiger partial charge in [-0.05, 0) is 50.5 Å². The Kier molecular flexibility index (Phi) is 7.28. The maximum Gasteiger partial charge on any atom is 0.338 e. The van der Waals surface area contributed by atoms with E-state index in [0.717, 1.165) is 12.1 Å².